The predicted octanol–water partition coefficient (Wildman–Crippen LogP) is 4.41. The zero-order valence-electron chi connectivity index (χ0n) is 16.3. The Morgan fingerprint density at radius 2 is 1.96 bits per heavy atom. The number of hydrogen-bond donors (Lipinski definition) is 1. The van der Waals surface area contributed by atoms with E-state index in [1.165, 1.54) is 4.88 Å². The van der Waals surface area contributed by atoms with Gasteiger partial charge in [0.15, 0.2) is 0 Å². The normalized spacial score (nSPS) is 11.1. The Morgan fingerprint density at radius 1 is 1.22 bits per heavy atom. The van der Waals surface area contributed by atoms with Crippen molar-refractivity contribution in [3.63, 3.8) is 0 Å². The van der Waals surface area contributed by atoms with Gasteiger partial charge in [-0.2, -0.15) is 0 Å². The fourth-order valence-corrected chi connectivity index (χ4v) is 4.00. The van der Waals surface area contributed by atoms with Crippen molar-refractivity contribution in [1.29, 1.82) is 0 Å². The number of anilines is 1. The van der Waals surface area contributed by atoms with Crippen LogP contribution in [0.4, 0.5) is 5.82 Å². The number of thiophene rings is 1. The molecule has 1 aromatic carbocycles. The molecule has 27 heavy (non-hydrogen) atoms. The van der Waals surface area contributed by atoms with E-state index in [1.54, 1.807) is 11.3 Å². The van der Waals surface area contributed by atoms with E-state index < -0.39 is 0 Å². The van der Waals surface area contributed by atoms with Gasteiger partial charge in [-0.3, -0.25) is 4.79 Å². The molecule has 0 saturated carbocycles. The van der Waals surface area contributed by atoms with E-state index in [0.29, 0.717) is 12.4 Å². The average Bonchev–Trinajstić information content (AvgIpc) is 3.07. The van der Waals surface area contributed by atoms with Crippen molar-refractivity contribution in [3.05, 3.63) is 52.7 Å². The van der Waals surface area contributed by atoms with Crippen molar-refractivity contribution >= 4 is 33.3 Å². The number of nitrogens with zero attached hydrogens (tertiary/aromatic N) is 3. The lowest BCUT2D eigenvalue weighted by atomic mass is 10.2. The lowest BCUT2D eigenvalue weighted by Crippen LogP contribution is -2.40. The van der Waals surface area contributed by atoms with Gasteiger partial charge in [0, 0.05) is 17.5 Å². The molecule has 0 saturated heterocycles. The van der Waals surface area contributed by atoms with Crippen LogP contribution in [0.25, 0.3) is 10.2 Å². The van der Waals surface area contributed by atoms with Crippen LogP contribution in [0, 0.1) is 6.92 Å². The molecule has 2 aromatic heterocycles. The molecule has 3 rings (SSSR count). The number of nitrogens with one attached hydrogen (secondary N) is 1. The third kappa shape index (κ3) is 4.63. The Bertz CT molecular complexity index is 921. The molecule has 1 amide bonds. The summed E-state index contributed by atoms with van der Waals surface area (Å²) in [6.45, 7) is 8.92. The van der Waals surface area contributed by atoms with Crippen molar-refractivity contribution in [3.8, 4) is 0 Å². The summed E-state index contributed by atoms with van der Waals surface area (Å²) in [4.78, 5) is 26.0. The Labute approximate surface area is 164 Å². The third-order valence-electron chi connectivity index (χ3n) is 4.45. The number of carbonyl (C=O) groups is 1. The number of aromatic nitrogens is 2. The number of hydrogen-bond acceptors (Lipinski definition) is 5. The van der Waals surface area contributed by atoms with E-state index in [2.05, 4.69) is 28.3 Å². The van der Waals surface area contributed by atoms with Crippen molar-refractivity contribution in [1.82, 2.24) is 14.9 Å². The Morgan fingerprint density at radius 3 is 2.63 bits per heavy atom. The third-order valence-corrected chi connectivity index (χ3v) is 5.62. The second kappa shape index (κ2) is 8.48. The lowest BCUT2D eigenvalue weighted by Gasteiger charge is -2.27. The summed E-state index contributed by atoms with van der Waals surface area (Å²) in [5, 5.41) is 4.25. The van der Waals surface area contributed by atoms with Gasteiger partial charge in [-0.05, 0) is 38.8 Å². The van der Waals surface area contributed by atoms with Gasteiger partial charge in [-0.15, -0.1) is 11.3 Å². The summed E-state index contributed by atoms with van der Waals surface area (Å²) in [5.74, 6) is 1.52. The molecule has 0 unspecified atom stereocenters. The average molecular weight is 383 g/mol. The number of rotatable bonds is 7. The lowest BCUT2D eigenvalue weighted by molar-refractivity contribution is -0.131. The summed E-state index contributed by atoms with van der Waals surface area (Å²) in [5.41, 5.74) is 1.13. The van der Waals surface area contributed by atoms with Crippen molar-refractivity contribution in [2.75, 3.05) is 11.9 Å². The van der Waals surface area contributed by atoms with E-state index in [9.17, 15) is 4.79 Å². The molecule has 0 spiro atoms. The highest BCUT2D eigenvalue weighted by atomic mass is 32.1. The summed E-state index contributed by atoms with van der Waals surface area (Å²) in [7, 11) is 0. The van der Waals surface area contributed by atoms with Crippen LogP contribution >= 0.6 is 11.3 Å². The molecular weight excluding hydrogens is 356 g/mol. The minimum absolute atomic E-state index is 0.0595. The molecule has 0 fully saturated rings. The highest BCUT2D eigenvalue weighted by molar-refractivity contribution is 7.18. The number of carbonyl (C=O) groups excluding carboxylic acids is 1. The van der Waals surface area contributed by atoms with Crippen molar-refractivity contribution in [2.24, 2.45) is 0 Å². The van der Waals surface area contributed by atoms with Gasteiger partial charge in [0.1, 0.15) is 16.5 Å². The van der Waals surface area contributed by atoms with Crippen molar-refractivity contribution in [2.45, 2.75) is 46.7 Å². The maximum atomic E-state index is 12.9. The topological polar surface area (TPSA) is 58.1 Å². The van der Waals surface area contributed by atoms with Gasteiger partial charge < -0.3 is 10.2 Å². The summed E-state index contributed by atoms with van der Waals surface area (Å²) >= 11 is 1.69. The van der Waals surface area contributed by atoms with Gasteiger partial charge >= 0.3 is 0 Å². The van der Waals surface area contributed by atoms with Gasteiger partial charge in [-0.1, -0.05) is 37.3 Å². The van der Waals surface area contributed by atoms with Crippen LogP contribution < -0.4 is 5.32 Å². The minimum Gasteiger partial charge on any atom is -0.360 e. The van der Waals surface area contributed by atoms with Crippen molar-refractivity contribution < 1.29 is 4.79 Å². The molecule has 5 nitrogen and oxygen atoms in total. The molecule has 2 heterocycles. The van der Waals surface area contributed by atoms with Crippen LogP contribution in [0.15, 0.2) is 36.4 Å². The minimum atomic E-state index is 0.0595. The van der Waals surface area contributed by atoms with E-state index in [4.69, 9.17) is 0 Å². The fourth-order valence-electron chi connectivity index (χ4n) is 2.99. The number of benzene rings is 1. The molecule has 0 atom stereocenters. The maximum Gasteiger partial charge on any atom is 0.242 e. The first-order chi connectivity index (χ1) is 13.0. The van der Waals surface area contributed by atoms with Crippen LogP contribution in [-0.2, 0) is 17.8 Å². The summed E-state index contributed by atoms with van der Waals surface area (Å²) in [6.07, 6.45) is 0.969. The molecule has 3 aromatic rings. The first kappa shape index (κ1) is 19.3. The van der Waals surface area contributed by atoms with Gasteiger partial charge in [0.2, 0.25) is 5.91 Å². The fraction of sp³-hybridized carbons (Fsp3) is 0.381. The highest BCUT2D eigenvalue weighted by Crippen LogP contribution is 2.29. The van der Waals surface area contributed by atoms with Crippen LogP contribution in [0.3, 0.4) is 0 Å². The first-order valence-electron chi connectivity index (χ1n) is 9.32. The molecule has 0 aliphatic rings. The highest BCUT2D eigenvalue weighted by Gasteiger charge is 2.18. The Hall–Kier alpha value is -2.47. The second-order valence-corrected chi connectivity index (χ2v) is 7.97. The smallest absolute Gasteiger partial charge is 0.242 e. The van der Waals surface area contributed by atoms with Gasteiger partial charge in [0.25, 0.3) is 0 Å². The standard InChI is InChI=1S/C21H26N4OS/c1-5-17-11-18-20(23-15(4)24-21(18)27-17)22-12-19(26)25(14(2)3)13-16-9-7-6-8-10-16/h6-11,14H,5,12-13H2,1-4H3,(H,22,23,24). The van der Waals surface area contributed by atoms with Crippen LogP contribution in [-0.4, -0.2) is 33.4 Å². The monoisotopic (exact) mass is 382 g/mol. The second-order valence-electron chi connectivity index (χ2n) is 6.86. The Balaban J connectivity index is 1.75. The molecule has 1 N–H and O–H groups in total. The molecule has 0 aliphatic carbocycles. The number of amides is 1. The van der Waals surface area contributed by atoms with Crippen LogP contribution in [0.1, 0.15) is 37.0 Å². The van der Waals surface area contributed by atoms with Gasteiger partial charge in [-0.25, -0.2) is 9.97 Å². The van der Waals surface area contributed by atoms with Gasteiger partial charge in [0.05, 0.1) is 11.9 Å². The van der Waals surface area contributed by atoms with Crippen LogP contribution in [0.2, 0.25) is 0 Å². The molecule has 0 bridgehead atoms. The largest absolute Gasteiger partial charge is 0.360 e. The molecule has 6 heteroatoms. The molecule has 142 valence electrons. The summed E-state index contributed by atoms with van der Waals surface area (Å²) < 4.78 is 0. The SMILES string of the molecule is CCc1cc2c(NCC(=O)N(Cc3ccccc3)C(C)C)nc(C)nc2s1. The van der Waals surface area contributed by atoms with E-state index in [-0.39, 0.29) is 18.5 Å². The zero-order valence-corrected chi connectivity index (χ0v) is 17.1. The molecule has 0 radical (unpaired) electrons. The quantitative estimate of drug-likeness (QED) is 0.657. The van der Waals surface area contributed by atoms with E-state index >= 15 is 0 Å². The van der Waals surface area contributed by atoms with E-state index in [0.717, 1.165) is 28.0 Å². The zero-order chi connectivity index (χ0) is 19.4. The number of aryl methyl sites for hydroxylation is 2. The number of fused-ring (bicyclic) bond motifs is 1. The Kier molecular flexibility index (Phi) is 6.06. The molecule has 0 aliphatic heterocycles. The molecular formula is C21H26N4OS. The predicted molar refractivity (Wildman–Crippen MR) is 112 cm³/mol. The first-order valence-corrected chi connectivity index (χ1v) is 10.1. The van der Waals surface area contributed by atoms with E-state index in [1.807, 2.05) is 56.0 Å². The maximum absolute atomic E-state index is 12.9. The summed E-state index contributed by atoms with van der Waals surface area (Å²) in [6, 6.07) is 12.3. The van der Waals surface area contributed by atoms with Crippen LogP contribution in [0.5, 0.6) is 0 Å².